The van der Waals surface area contributed by atoms with Crippen molar-refractivity contribution in [3.8, 4) is 0 Å². The van der Waals surface area contributed by atoms with Gasteiger partial charge in [-0.05, 0) is 25.8 Å². The number of carboxylic acids is 1. The second kappa shape index (κ2) is 6.74. The van der Waals surface area contributed by atoms with E-state index in [1.165, 1.54) is 0 Å². The lowest BCUT2D eigenvalue weighted by Crippen LogP contribution is -2.48. The Morgan fingerprint density at radius 3 is 2.32 bits per heavy atom. The first-order valence-corrected chi connectivity index (χ1v) is 6.11. The lowest BCUT2D eigenvalue weighted by molar-refractivity contribution is -0.174. The van der Waals surface area contributed by atoms with E-state index in [2.05, 4.69) is 0 Å². The first-order valence-electron chi connectivity index (χ1n) is 6.11. The fraction of sp³-hybridized carbons (Fsp3) is 0.818. The van der Waals surface area contributed by atoms with Crippen LogP contribution in [0.25, 0.3) is 0 Å². The highest BCUT2D eigenvalue weighted by molar-refractivity contribution is 5.81. The van der Waals surface area contributed by atoms with Gasteiger partial charge in [0.15, 0.2) is 0 Å². The van der Waals surface area contributed by atoms with Crippen molar-refractivity contribution in [3.05, 3.63) is 0 Å². The summed E-state index contributed by atoms with van der Waals surface area (Å²) in [6.07, 6.45) is -3.32. The summed E-state index contributed by atoms with van der Waals surface area (Å²) >= 11 is 0. The van der Waals surface area contributed by atoms with E-state index in [1.807, 2.05) is 10.2 Å². The monoisotopic (exact) mass is 282 g/mol. The predicted octanol–water partition coefficient (Wildman–Crippen LogP) is 0.994. The molecule has 0 aromatic heterocycles. The molecule has 1 fully saturated rings. The van der Waals surface area contributed by atoms with Crippen LogP contribution < -0.4 is 5.32 Å². The van der Waals surface area contributed by atoms with Gasteiger partial charge in [-0.3, -0.25) is 9.59 Å². The Labute approximate surface area is 108 Å². The third-order valence-electron chi connectivity index (χ3n) is 3.05. The summed E-state index contributed by atoms with van der Waals surface area (Å²) in [6.45, 7) is 1.76. The molecule has 0 saturated carbocycles. The second-order valence-corrected chi connectivity index (χ2v) is 4.58. The minimum Gasteiger partial charge on any atom is -0.481 e. The molecule has 8 heteroatoms. The van der Waals surface area contributed by atoms with E-state index in [9.17, 15) is 22.8 Å². The Kier molecular flexibility index (Phi) is 5.59. The maximum atomic E-state index is 12.0. The van der Waals surface area contributed by atoms with Crippen molar-refractivity contribution in [2.24, 2.45) is 0 Å². The van der Waals surface area contributed by atoms with Crippen molar-refractivity contribution < 1.29 is 27.9 Å². The first-order chi connectivity index (χ1) is 8.79. The lowest BCUT2D eigenvalue weighted by atomic mass is 10.0. The van der Waals surface area contributed by atoms with Gasteiger partial charge in [0, 0.05) is 25.6 Å². The Hall–Kier alpha value is -1.31. The van der Waals surface area contributed by atoms with Crippen LogP contribution in [0.3, 0.4) is 0 Å². The fourth-order valence-corrected chi connectivity index (χ4v) is 2.02. The van der Waals surface area contributed by atoms with E-state index in [0.29, 0.717) is 38.9 Å². The van der Waals surface area contributed by atoms with Crippen molar-refractivity contribution in [1.82, 2.24) is 10.2 Å². The van der Waals surface area contributed by atoms with Crippen LogP contribution >= 0.6 is 0 Å². The molecule has 1 saturated heterocycles. The second-order valence-electron chi connectivity index (χ2n) is 4.58. The number of hydrogen-bond acceptors (Lipinski definition) is 3. The molecule has 2 N–H and O–H groups in total. The zero-order valence-corrected chi connectivity index (χ0v) is 10.4. The van der Waals surface area contributed by atoms with E-state index >= 15 is 0 Å². The highest BCUT2D eigenvalue weighted by Gasteiger charge is 2.39. The molecule has 0 spiro atoms. The van der Waals surface area contributed by atoms with Crippen molar-refractivity contribution in [2.45, 2.75) is 37.9 Å². The van der Waals surface area contributed by atoms with Gasteiger partial charge in [-0.15, -0.1) is 0 Å². The number of carboxylic acid groups (broad SMARTS) is 1. The molecule has 19 heavy (non-hydrogen) atoms. The number of aliphatic carboxylic acids is 1. The van der Waals surface area contributed by atoms with E-state index in [4.69, 9.17) is 5.11 Å². The van der Waals surface area contributed by atoms with E-state index < -0.39 is 24.1 Å². The van der Waals surface area contributed by atoms with Gasteiger partial charge in [0.05, 0.1) is 0 Å². The standard InChI is InChI=1S/C11H17F3N2O3/c12-11(13,14)10(19)15-8-3-6-16(7-4-8)5-1-2-9(17)18/h8H,1-7H2,(H,15,19)(H,17,18). The summed E-state index contributed by atoms with van der Waals surface area (Å²) in [4.78, 5) is 23.1. The van der Waals surface area contributed by atoms with Crippen LogP contribution in [0.2, 0.25) is 0 Å². The molecule has 0 aromatic carbocycles. The van der Waals surface area contributed by atoms with Gasteiger partial charge in [-0.25, -0.2) is 0 Å². The van der Waals surface area contributed by atoms with E-state index in [1.54, 1.807) is 0 Å². The summed E-state index contributed by atoms with van der Waals surface area (Å²) < 4.78 is 36.1. The number of carbonyl (C=O) groups excluding carboxylic acids is 1. The number of halogens is 3. The van der Waals surface area contributed by atoms with Crippen LogP contribution in [0.15, 0.2) is 0 Å². The Bertz CT molecular complexity index is 326. The van der Waals surface area contributed by atoms with Crippen molar-refractivity contribution in [1.29, 1.82) is 0 Å². The average Bonchev–Trinajstić information content (AvgIpc) is 2.29. The molecule has 110 valence electrons. The molecule has 0 aromatic rings. The minimum absolute atomic E-state index is 0.0880. The van der Waals surface area contributed by atoms with Crippen molar-refractivity contribution in [3.63, 3.8) is 0 Å². The molecule has 1 heterocycles. The molecule has 0 aliphatic carbocycles. The quantitative estimate of drug-likeness (QED) is 0.789. The first kappa shape index (κ1) is 15.7. The highest BCUT2D eigenvalue weighted by atomic mass is 19.4. The topological polar surface area (TPSA) is 69.6 Å². The van der Waals surface area contributed by atoms with Gasteiger partial charge in [0.25, 0.3) is 0 Å². The molecule has 1 amide bonds. The zero-order valence-electron chi connectivity index (χ0n) is 10.4. The van der Waals surface area contributed by atoms with Crippen LogP contribution in [0.1, 0.15) is 25.7 Å². The van der Waals surface area contributed by atoms with Crippen LogP contribution in [0.5, 0.6) is 0 Å². The van der Waals surface area contributed by atoms with Gasteiger partial charge >= 0.3 is 18.1 Å². The van der Waals surface area contributed by atoms with Crippen LogP contribution in [0, 0.1) is 0 Å². The van der Waals surface area contributed by atoms with Crippen LogP contribution in [-0.4, -0.2) is 53.7 Å². The zero-order chi connectivity index (χ0) is 14.5. The number of nitrogens with zero attached hydrogens (tertiary/aromatic N) is 1. The summed E-state index contributed by atoms with van der Waals surface area (Å²) in [6, 6.07) is -0.454. The molecule has 0 unspecified atom stereocenters. The van der Waals surface area contributed by atoms with Crippen molar-refractivity contribution >= 4 is 11.9 Å². The van der Waals surface area contributed by atoms with Gasteiger partial charge in [-0.1, -0.05) is 0 Å². The number of alkyl halides is 3. The van der Waals surface area contributed by atoms with E-state index in [0.717, 1.165) is 0 Å². The van der Waals surface area contributed by atoms with Crippen molar-refractivity contribution in [2.75, 3.05) is 19.6 Å². The lowest BCUT2D eigenvalue weighted by Gasteiger charge is -2.32. The Morgan fingerprint density at radius 1 is 1.26 bits per heavy atom. The molecule has 1 rings (SSSR count). The minimum atomic E-state index is -4.83. The number of nitrogens with one attached hydrogen (secondary N) is 1. The SMILES string of the molecule is O=C(O)CCCN1CCC(NC(=O)C(F)(F)F)CC1. The number of piperidine rings is 1. The summed E-state index contributed by atoms with van der Waals surface area (Å²) in [5.41, 5.74) is 0. The largest absolute Gasteiger partial charge is 0.481 e. The Morgan fingerprint density at radius 2 is 1.84 bits per heavy atom. The van der Waals surface area contributed by atoms with Gasteiger partial charge in [0.2, 0.25) is 0 Å². The number of amides is 1. The molecule has 0 radical (unpaired) electrons. The third kappa shape index (κ3) is 5.91. The smallest absolute Gasteiger partial charge is 0.471 e. The Balaban J connectivity index is 2.22. The van der Waals surface area contributed by atoms with Crippen LogP contribution in [0.4, 0.5) is 13.2 Å². The summed E-state index contributed by atoms with van der Waals surface area (Å²) in [5, 5.41) is 10.5. The summed E-state index contributed by atoms with van der Waals surface area (Å²) in [5.74, 6) is -2.75. The maximum Gasteiger partial charge on any atom is 0.471 e. The number of hydrogen-bond donors (Lipinski definition) is 2. The molecular weight excluding hydrogens is 265 g/mol. The third-order valence-corrected chi connectivity index (χ3v) is 3.05. The fourth-order valence-electron chi connectivity index (χ4n) is 2.02. The predicted molar refractivity (Wildman–Crippen MR) is 60.5 cm³/mol. The van der Waals surface area contributed by atoms with Crippen LogP contribution in [-0.2, 0) is 9.59 Å². The summed E-state index contributed by atoms with van der Waals surface area (Å²) in [7, 11) is 0. The number of carbonyl (C=O) groups is 2. The van der Waals surface area contributed by atoms with Gasteiger partial charge < -0.3 is 15.3 Å². The molecule has 1 aliphatic rings. The normalized spacial score (nSPS) is 18.3. The highest BCUT2D eigenvalue weighted by Crippen LogP contribution is 2.17. The molecule has 5 nitrogen and oxygen atoms in total. The molecule has 1 aliphatic heterocycles. The molecule has 0 bridgehead atoms. The van der Waals surface area contributed by atoms with E-state index in [-0.39, 0.29) is 6.42 Å². The molecular formula is C11H17F3N2O3. The number of rotatable bonds is 5. The average molecular weight is 282 g/mol. The maximum absolute atomic E-state index is 12.0. The van der Waals surface area contributed by atoms with Gasteiger partial charge in [-0.2, -0.15) is 13.2 Å². The number of likely N-dealkylation sites (tertiary alicyclic amines) is 1. The molecule has 0 atom stereocenters. The van der Waals surface area contributed by atoms with Gasteiger partial charge in [0.1, 0.15) is 0 Å².